The van der Waals surface area contributed by atoms with E-state index in [2.05, 4.69) is 28.1 Å². The first-order valence-corrected chi connectivity index (χ1v) is 7.97. The van der Waals surface area contributed by atoms with Crippen LogP contribution in [0.15, 0.2) is 48.5 Å². The van der Waals surface area contributed by atoms with Crippen molar-refractivity contribution in [2.45, 2.75) is 0 Å². The molecule has 0 aliphatic heterocycles. The number of anilines is 1. The normalized spacial score (nSPS) is 11.2. The first-order chi connectivity index (χ1) is 12.1. The summed E-state index contributed by atoms with van der Waals surface area (Å²) in [6.45, 7) is 0. The summed E-state index contributed by atoms with van der Waals surface area (Å²) >= 11 is 0. The Balaban J connectivity index is 2.07. The summed E-state index contributed by atoms with van der Waals surface area (Å²) in [6, 6.07) is 15.6. The molecular weight excluding hydrogens is 314 g/mol. The number of hydrogen-bond donors (Lipinski definition) is 0. The Hall–Kier alpha value is -3.21. The Kier molecular flexibility index (Phi) is 3.50. The minimum absolute atomic E-state index is 0.408. The van der Waals surface area contributed by atoms with Crippen LogP contribution in [0.2, 0.25) is 0 Å². The smallest absolute Gasteiger partial charge is 0.340 e. The predicted octanol–water partition coefficient (Wildman–Crippen LogP) is 3.79. The molecule has 0 aliphatic rings. The van der Waals surface area contributed by atoms with Gasteiger partial charge in [-0.15, -0.1) is 0 Å². The van der Waals surface area contributed by atoms with Crippen molar-refractivity contribution in [3.8, 4) is 0 Å². The van der Waals surface area contributed by atoms with Gasteiger partial charge in [0.1, 0.15) is 5.52 Å². The van der Waals surface area contributed by atoms with Gasteiger partial charge >= 0.3 is 5.97 Å². The number of fused-ring (bicyclic) bond motifs is 4. The number of methoxy groups -OCH3 is 1. The molecule has 0 amide bonds. The lowest BCUT2D eigenvalue weighted by molar-refractivity contribution is 0.0603. The first kappa shape index (κ1) is 15.3. The summed E-state index contributed by atoms with van der Waals surface area (Å²) in [7, 11) is 5.39. The van der Waals surface area contributed by atoms with Crippen LogP contribution in [0.25, 0.3) is 32.8 Å². The van der Waals surface area contributed by atoms with Gasteiger partial charge < -0.3 is 9.64 Å². The van der Waals surface area contributed by atoms with Gasteiger partial charge in [0.25, 0.3) is 0 Å². The Labute approximate surface area is 144 Å². The van der Waals surface area contributed by atoms with Crippen LogP contribution in [0.4, 0.5) is 5.69 Å². The van der Waals surface area contributed by atoms with Crippen LogP contribution < -0.4 is 4.90 Å². The van der Waals surface area contributed by atoms with Crippen LogP contribution in [0.3, 0.4) is 0 Å². The van der Waals surface area contributed by atoms with Gasteiger partial charge in [0.05, 0.1) is 29.2 Å². The number of ether oxygens (including phenoxy) is 1. The number of hydrogen-bond acceptors (Lipinski definition) is 5. The maximum Gasteiger partial charge on any atom is 0.340 e. The molecule has 0 saturated heterocycles. The van der Waals surface area contributed by atoms with E-state index >= 15 is 0 Å². The Morgan fingerprint density at radius 3 is 2.52 bits per heavy atom. The van der Waals surface area contributed by atoms with Gasteiger partial charge in [0.15, 0.2) is 0 Å². The van der Waals surface area contributed by atoms with Gasteiger partial charge in [0, 0.05) is 25.2 Å². The topological polar surface area (TPSA) is 55.3 Å². The highest BCUT2D eigenvalue weighted by Gasteiger charge is 2.14. The third-order valence-electron chi connectivity index (χ3n) is 4.35. The fourth-order valence-corrected chi connectivity index (χ4v) is 3.03. The number of carbonyl (C=O) groups excluding carboxylic acids is 1. The highest BCUT2D eigenvalue weighted by molar-refractivity contribution is 6.09. The average molecular weight is 331 g/mol. The second kappa shape index (κ2) is 5.70. The molecule has 0 saturated carbocycles. The standard InChI is InChI=1S/C20H17N3O2/c1-23(2)13-8-9-14-12(11-13)7-10-17-18(14)22-19-15(20(24)25-3)5-4-6-16(19)21-17/h4-11H,1-3H3. The molecule has 5 heteroatoms. The summed E-state index contributed by atoms with van der Waals surface area (Å²) in [5, 5.41) is 2.10. The minimum Gasteiger partial charge on any atom is -0.465 e. The minimum atomic E-state index is -0.408. The van der Waals surface area contributed by atoms with E-state index in [-0.39, 0.29) is 0 Å². The maximum absolute atomic E-state index is 12.1. The second-order valence-electron chi connectivity index (χ2n) is 6.12. The molecule has 0 N–H and O–H groups in total. The maximum atomic E-state index is 12.1. The summed E-state index contributed by atoms with van der Waals surface area (Å²) in [5.41, 5.74) is 4.38. The fourth-order valence-electron chi connectivity index (χ4n) is 3.03. The van der Waals surface area contributed by atoms with Crippen LogP contribution in [0.1, 0.15) is 10.4 Å². The molecule has 0 fully saturated rings. The van der Waals surface area contributed by atoms with Crippen molar-refractivity contribution >= 4 is 44.5 Å². The van der Waals surface area contributed by atoms with Gasteiger partial charge in [-0.2, -0.15) is 0 Å². The lowest BCUT2D eigenvalue weighted by atomic mass is 10.1. The zero-order chi connectivity index (χ0) is 17.6. The van der Waals surface area contributed by atoms with Crippen molar-refractivity contribution in [1.29, 1.82) is 0 Å². The van der Waals surface area contributed by atoms with E-state index in [0.29, 0.717) is 16.6 Å². The van der Waals surface area contributed by atoms with Gasteiger partial charge in [-0.05, 0) is 35.7 Å². The van der Waals surface area contributed by atoms with E-state index in [9.17, 15) is 4.79 Å². The highest BCUT2D eigenvalue weighted by Crippen LogP contribution is 2.28. The molecule has 5 nitrogen and oxygen atoms in total. The molecule has 0 unspecified atom stereocenters. The van der Waals surface area contributed by atoms with Crippen LogP contribution >= 0.6 is 0 Å². The van der Waals surface area contributed by atoms with Gasteiger partial charge in [-0.3, -0.25) is 0 Å². The Morgan fingerprint density at radius 1 is 0.960 bits per heavy atom. The molecule has 0 spiro atoms. The molecular formula is C20H17N3O2. The number of esters is 1. The van der Waals surface area contributed by atoms with E-state index < -0.39 is 5.97 Å². The molecule has 1 aromatic heterocycles. The molecule has 0 radical (unpaired) electrons. The SMILES string of the molecule is COC(=O)c1cccc2nc3ccc4cc(N(C)C)ccc4c3nc12. The predicted molar refractivity (Wildman–Crippen MR) is 100 cm³/mol. The van der Waals surface area contributed by atoms with Gasteiger partial charge in [-0.1, -0.05) is 18.2 Å². The zero-order valence-electron chi connectivity index (χ0n) is 14.3. The van der Waals surface area contributed by atoms with Gasteiger partial charge in [-0.25, -0.2) is 14.8 Å². The molecule has 4 rings (SSSR count). The molecule has 0 atom stereocenters. The summed E-state index contributed by atoms with van der Waals surface area (Å²) in [5.74, 6) is -0.408. The van der Waals surface area contributed by atoms with E-state index in [1.165, 1.54) is 7.11 Å². The van der Waals surface area contributed by atoms with E-state index in [4.69, 9.17) is 9.72 Å². The summed E-state index contributed by atoms with van der Waals surface area (Å²) in [6.07, 6.45) is 0. The van der Waals surface area contributed by atoms with Crippen molar-refractivity contribution < 1.29 is 9.53 Å². The quantitative estimate of drug-likeness (QED) is 0.318. The van der Waals surface area contributed by atoms with Crippen molar-refractivity contribution in [2.75, 3.05) is 26.1 Å². The van der Waals surface area contributed by atoms with Crippen molar-refractivity contribution in [2.24, 2.45) is 0 Å². The number of para-hydroxylation sites is 1. The van der Waals surface area contributed by atoms with Crippen LogP contribution in [0.5, 0.6) is 0 Å². The molecule has 4 aromatic rings. The van der Waals surface area contributed by atoms with Crippen LogP contribution in [-0.2, 0) is 4.74 Å². The molecule has 3 aromatic carbocycles. The fraction of sp³-hybridized carbons (Fsp3) is 0.150. The van der Waals surface area contributed by atoms with E-state index in [1.54, 1.807) is 12.1 Å². The number of aromatic nitrogens is 2. The second-order valence-corrected chi connectivity index (χ2v) is 6.12. The third-order valence-corrected chi connectivity index (χ3v) is 4.35. The van der Waals surface area contributed by atoms with Crippen molar-refractivity contribution in [3.05, 3.63) is 54.1 Å². The van der Waals surface area contributed by atoms with Gasteiger partial charge in [0.2, 0.25) is 0 Å². The van der Waals surface area contributed by atoms with Crippen LogP contribution in [-0.4, -0.2) is 37.1 Å². The molecule has 124 valence electrons. The largest absolute Gasteiger partial charge is 0.465 e. The Bertz CT molecular complexity index is 1140. The zero-order valence-corrected chi connectivity index (χ0v) is 14.3. The highest BCUT2D eigenvalue weighted by atomic mass is 16.5. The van der Waals surface area contributed by atoms with E-state index in [1.807, 2.05) is 32.3 Å². The van der Waals surface area contributed by atoms with Crippen molar-refractivity contribution in [3.63, 3.8) is 0 Å². The lowest BCUT2D eigenvalue weighted by Gasteiger charge is -2.13. The summed E-state index contributed by atoms with van der Waals surface area (Å²) < 4.78 is 4.87. The average Bonchev–Trinajstić information content (AvgIpc) is 2.64. The molecule has 25 heavy (non-hydrogen) atoms. The number of carbonyl (C=O) groups is 1. The first-order valence-electron chi connectivity index (χ1n) is 7.97. The molecule has 0 aliphatic carbocycles. The van der Waals surface area contributed by atoms with Crippen LogP contribution in [0, 0.1) is 0 Å². The number of rotatable bonds is 2. The number of benzene rings is 3. The molecule has 0 bridgehead atoms. The lowest BCUT2D eigenvalue weighted by Crippen LogP contribution is -2.08. The monoisotopic (exact) mass is 331 g/mol. The Morgan fingerprint density at radius 2 is 1.76 bits per heavy atom. The summed E-state index contributed by atoms with van der Waals surface area (Å²) in [4.78, 5) is 23.6. The van der Waals surface area contributed by atoms with Crippen molar-refractivity contribution in [1.82, 2.24) is 9.97 Å². The number of nitrogens with zero attached hydrogens (tertiary/aromatic N) is 3. The third kappa shape index (κ3) is 2.45. The molecule has 1 heterocycles. The van der Waals surface area contributed by atoms with E-state index in [0.717, 1.165) is 27.5 Å².